The van der Waals surface area contributed by atoms with Crippen LogP contribution in [0.15, 0.2) is 59.5 Å². The first-order valence-corrected chi connectivity index (χ1v) is 9.53. The van der Waals surface area contributed by atoms with Gasteiger partial charge in [-0.25, -0.2) is 0 Å². The van der Waals surface area contributed by atoms with Crippen LogP contribution in [0.3, 0.4) is 0 Å². The van der Waals surface area contributed by atoms with Crippen molar-refractivity contribution in [1.82, 2.24) is 10.6 Å². The van der Waals surface area contributed by atoms with Crippen molar-refractivity contribution < 1.29 is 9.59 Å². The summed E-state index contributed by atoms with van der Waals surface area (Å²) in [5, 5.41) is 5.67. The van der Waals surface area contributed by atoms with E-state index < -0.39 is 0 Å². The van der Waals surface area contributed by atoms with Crippen LogP contribution >= 0.6 is 11.8 Å². The molecule has 0 spiro atoms. The summed E-state index contributed by atoms with van der Waals surface area (Å²) in [6.07, 6.45) is 1.99. The van der Waals surface area contributed by atoms with E-state index >= 15 is 0 Å². The van der Waals surface area contributed by atoms with E-state index in [1.165, 1.54) is 10.5 Å². The maximum atomic E-state index is 12.1. The minimum Gasteiger partial charge on any atom is -0.354 e. The van der Waals surface area contributed by atoms with E-state index in [2.05, 4.69) is 22.8 Å². The molecule has 0 atom stereocenters. The lowest BCUT2D eigenvalue weighted by molar-refractivity contribution is -0.122. The summed E-state index contributed by atoms with van der Waals surface area (Å²) in [6, 6.07) is 17.9. The first-order valence-electron chi connectivity index (χ1n) is 8.55. The molecule has 1 aliphatic carbocycles. The average Bonchev–Trinajstić information content (AvgIpc) is 3.50. The van der Waals surface area contributed by atoms with Crippen molar-refractivity contribution in [2.45, 2.75) is 23.5 Å². The van der Waals surface area contributed by atoms with Crippen LogP contribution in [-0.2, 0) is 10.5 Å². The smallest absolute Gasteiger partial charge is 0.251 e. The molecular formula is C20H22N2O2S. The number of hydrogen-bond acceptors (Lipinski definition) is 3. The number of carbonyl (C=O) groups excluding carboxylic acids is 2. The van der Waals surface area contributed by atoms with Crippen LogP contribution in [0.5, 0.6) is 0 Å². The summed E-state index contributed by atoms with van der Waals surface area (Å²) in [7, 11) is 0. The molecule has 5 heteroatoms. The molecule has 3 rings (SSSR count). The van der Waals surface area contributed by atoms with Crippen LogP contribution in [0.2, 0.25) is 0 Å². The summed E-state index contributed by atoms with van der Waals surface area (Å²) >= 11 is 1.77. The first kappa shape index (κ1) is 17.5. The quantitative estimate of drug-likeness (QED) is 0.565. The molecule has 0 aromatic heterocycles. The zero-order valence-electron chi connectivity index (χ0n) is 14.0. The Kier molecular flexibility index (Phi) is 6.12. The van der Waals surface area contributed by atoms with Gasteiger partial charge < -0.3 is 10.6 Å². The maximum absolute atomic E-state index is 12.1. The second-order valence-electron chi connectivity index (χ2n) is 6.12. The SMILES string of the molecule is O=C(NCCNC(=O)C1CC1)c1ccc(CSc2ccccc2)cc1. The Hall–Kier alpha value is -2.27. The largest absolute Gasteiger partial charge is 0.354 e. The summed E-state index contributed by atoms with van der Waals surface area (Å²) in [5.41, 5.74) is 1.82. The highest BCUT2D eigenvalue weighted by atomic mass is 32.2. The van der Waals surface area contributed by atoms with Gasteiger partial charge in [-0.2, -0.15) is 0 Å². The lowest BCUT2D eigenvalue weighted by Crippen LogP contribution is -2.35. The molecule has 1 fully saturated rings. The molecule has 1 saturated carbocycles. The normalized spacial score (nSPS) is 13.3. The van der Waals surface area contributed by atoms with Gasteiger partial charge in [-0.05, 0) is 42.7 Å². The number of carbonyl (C=O) groups is 2. The molecular weight excluding hydrogens is 332 g/mol. The van der Waals surface area contributed by atoms with Crippen molar-refractivity contribution in [3.63, 3.8) is 0 Å². The zero-order chi connectivity index (χ0) is 17.5. The Bertz CT molecular complexity index is 712. The highest BCUT2D eigenvalue weighted by Crippen LogP contribution is 2.28. The van der Waals surface area contributed by atoms with E-state index in [9.17, 15) is 9.59 Å². The molecule has 4 nitrogen and oxygen atoms in total. The molecule has 0 bridgehead atoms. The molecule has 2 aromatic carbocycles. The standard InChI is InChI=1S/C20H22N2O2S/c23-19(21-12-13-22-20(24)17-10-11-17)16-8-6-15(7-9-16)14-25-18-4-2-1-3-5-18/h1-9,17H,10-14H2,(H,21,23)(H,22,24). The number of nitrogens with one attached hydrogen (secondary N) is 2. The van der Waals surface area contributed by atoms with Gasteiger partial charge in [0, 0.05) is 35.2 Å². The van der Waals surface area contributed by atoms with Crippen molar-refractivity contribution >= 4 is 23.6 Å². The number of rotatable bonds is 8. The number of thioether (sulfide) groups is 1. The first-order chi connectivity index (χ1) is 12.2. The third kappa shape index (κ3) is 5.64. The second kappa shape index (κ2) is 8.72. The van der Waals surface area contributed by atoms with Crippen LogP contribution in [0.1, 0.15) is 28.8 Å². The molecule has 0 aliphatic heterocycles. The van der Waals surface area contributed by atoms with E-state index in [1.807, 2.05) is 42.5 Å². The van der Waals surface area contributed by atoms with Gasteiger partial charge in [0.15, 0.2) is 0 Å². The van der Waals surface area contributed by atoms with Gasteiger partial charge in [0.05, 0.1) is 0 Å². The number of amides is 2. The Labute approximate surface area is 152 Å². The third-order valence-electron chi connectivity index (χ3n) is 4.02. The van der Waals surface area contributed by atoms with Crippen molar-refractivity contribution in [2.24, 2.45) is 5.92 Å². The van der Waals surface area contributed by atoms with E-state index in [4.69, 9.17) is 0 Å². The van der Waals surface area contributed by atoms with Crippen molar-refractivity contribution in [3.05, 3.63) is 65.7 Å². The van der Waals surface area contributed by atoms with Crippen LogP contribution in [0.25, 0.3) is 0 Å². The summed E-state index contributed by atoms with van der Waals surface area (Å²) < 4.78 is 0. The van der Waals surface area contributed by atoms with Crippen LogP contribution in [-0.4, -0.2) is 24.9 Å². The Morgan fingerprint density at radius 3 is 2.28 bits per heavy atom. The van der Waals surface area contributed by atoms with Gasteiger partial charge in [0.1, 0.15) is 0 Å². The number of hydrogen-bond donors (Lipinski definition) is 2. The summed E-state index contributed by atoms with van der Waals surface area (Å²) in [4.78, 5) is 24.8. The lowest BCUT2D eigenvalue weighted by atomic mass is 10.1. The highest BCUT2D eigenvalue weighted by molar-refractivity contribution is 7.98. The minimum atomic E-state index is -0.108. The monoisotopic (exact) mass is 354 g/mol. The van der Waals surface area contributed by atoms with E-state index in [1.54, 1.807) is 11.8 Å². The van der Waals surface area contributed by atoms with Crippen LogP contribution in [0.4, 0.5) is 0 Å². The maximum Gasteiger partial charge on any atom is 0.251 e. The van der Waals surface area contributed by atoms with Crippen molar-refractivity contribution in [3.8, 4) is 0 Å². The average molecular weight is 354 g/mol. The van der Waals surface area contributed by atoms with Crippen LogP contribution < -0.4 is 10.6 Å². The van der Waals surface area contributed by atoms with Crippen molar-refractivity contribution in [2.75, 3.05) is 13.1 Å². The van der Waals surface area contributed by atoms with Gasteiger partial charge in [-0.15, -0.1) is 11.8 Å². The van der Waals surface area contributed by atoms with Crippen LogP contribution in [0, 0.1) is 5.92 Å². The van der Waals surface area contributed by atoms with E-state index in [0.29, 0.717) is 18.7 Å². The van der Waals surface area contributed by atoms with Gasteiger partial charge in [-0.3, -0.25) is 9.59 Å². The minimum absolute atomic E-state index is 0.106. The van der Waals surface area contributed by atoms with Crippen molar-refractivity contribution in [1.29, 1.82) is 0 Å². The molecule has 0 unspecified atom stereocenters. The molecule has 0 heterocycles. The molecule has 130 valence electrons. The van der Waals surface area contributed by atoms with Gasteiger partial charge in [0.2, 0.25) is 5.91 Å². The van der Waals surface area contributed by atoms with Gasteiger partial charge >= 0.3 is 0 Å². The molecule has 0 saturated heterocycles. The fourth-order valence-electron chi connectivity index (χ4n) is 2.39. The highest BCUT2D eigenvalue weighted by Gasteiger charge is 2.28. The molecule has 25 heavy (non-hydrogen) atoms. The fourth-order valence-corrected chi connectivity index (χ4v) is 3.26. The number of benzene rings is 2. The van der Waals surface area contributed by atoms with E-state index in [0.717, 1.165) is 18.6 Å². The topological polar surface area (TPSA) is 58.2 Å². The zero-order valence-corrected chi connectivity index (χ0v) is 14.9. The Morgan fingerprint density at radius 1 is 0.920 bits per heavy atom. The lowest BCUT2D eigenvalue weighted by Gasteiger charge is -2.07. The Balaban J connectivity index is 1.40. The van der Waals surface area contributed by atoms with Gasteiger partial charge in [-0.1, -0.05) is 30.3 Å². The predicted molar refractivity (Wildman–Crippen MR) is 101 cm³/mol. The summed E-state index contributed by atoms with van der Waals surface area (Å²) in [6.45, 7) is 0.926. The molecule has 2 N–H and O–H groups in total. The Morgan fingerprint density at radius 2 is 1.60 bits per heavy atom. The van der Waals surface area contributed by atoms with E-state index in [-0.39, 0.29) is 17.7 Å². The van der Waals surface area contributed by atoms with Gasteiger partial charge in [0.25, 0.3) is 5.91 Å². The fraction of sp³-hybridized carbons (Fsp3) is 0.300. The molecule has 2 aromatic rings. The summed E-state index contributed by atoms with van der Waals surface area (Å²) in [5.74, 6) is 1.08. The third-order valence-corrected chi connectivity index (χ3v) is 5.11. The predicted octanol–water partition coefficient (Wildman–Crippen LogP) is 3.23. The molecule has 1 aliphatic rings. The molecule has 2 amide bonds. The molecule has 0 radical (unpaired) electrons. The second-order valence-corrected chi connectivity index (χ2v) is 7.17.